The first-order chi connectivity index (χ1) is 5.09. The van der Waals surface area contributed by atoms with Gasteiger partial charge in [-0.25, -0.2) is 0 Å². The van der Waals surface area contributed by atoms with Gasteiger partial charge in [0.05, 0.1) is 0 Å². The predicted octanol–water partition coefficient (Wildman–Crippen LogP) is 0.770. The summed E-state index contributed by atoms with van der Waals surface area (Å²) in [6, 6.07) is 0. The van der Waals surface area contributed by atoms with E-state index in [-0.39, 0.29) is 0 Å². The van der Waals surface area contributed by atoms with Gasteiger partial charge in [-0.15, -0.1) is 0 Å². The molecule has 1 fully saturated rings. The molecule has 0 radical (unpaired) electrons. The summed E-state index contributed by atoms with van der Waals surface area (Å²) in [6.07, 6.45) is 1.41. The van der Waals surface area contributed by atoms with Crippen LogP contribution in [-0.2, 0) is 0 Å². The second kappa shape index (κ2) is 3.69. The van der Waals surface area contributed by atoms with Crippen LogP contribution < -0.4 is 0 Å². The van der Waals surface area contributed by atoms with Crippen molar-refractivity contribution in [3.63, 3.8) is 0 Å². The van der Waals surface area contributed by atoms with Gasteiger partial charge in [0.25, 0.3) is 0 Å². The zero-order chi connectivity index (χ0) is 8.48. The first kappa shape index (κ1) is 9.91. The summed E-state index contributed by atoms with van der Waals surface area (Å²) < 4.78 is 2.87. The molecule has 0 spiro atoms. The van der Waals surface area contributed by atoms with E-state index in [2.05, 4.69) is 21.0 Å². The molecule has 1 saturated heterocycles. The van der Waals surface area contributed by atoms with Crippen LogP contribution in [0.2, 0.25) is 4.18 Å². The van der Waals surface area contributed by atoms with Crippen LogP contribution in [0.25, 0.3) is 0 Å². The normalized spacial score (nSPS) is 35.9. The van der Waals surface area contributed by atoms with Crippen LogP contribution in [0.5, 0.6) is 0 Å². The molecule has 11 heavy (non-hydrogen) atoms. The van der Waals surface area contributed by atoms with Gasteiger partial charge < -0.3 is 0 Å². The number of hydrogen-bond acceptors (Lipinski definition) is 0. The third-order valence-corrected chi connectivity index (χ3v) is 6.17. The Morgan fingerprint density at radius 2 is 1.82 bits per heavy atom. The molecule has 2 heteroatoms. The molecule has 0 saturated carbocycles. The van der Waals surface area contributed by atoms with E-state index >= 15 is 0 Å². The summed E-state index contributed by atoms with van der Waals surface area (Å²) in [7, 11) is 4.77. The second-order valence-corrected chi connectivity index (χ2v) is 6.97. The van der Waals surface area contributed by atoms with Gasteiger partial charge in [0.2, 0.25) is 0 Å². The van der Waals surface area contributed by atoms with E-state index in [0.29, 0.717) is 0 Å². The fourth-order valence-corrected chi connectivity index (χ4v) is 5.21. The van der Waals surface area contributed by atoms with Crippen LogP contribution in [0, 0.1) is 11.8 Å². The summed E-state index contributed by atoms with van der Waals surface area (Å²) in [5.74, 6) is 2.14. The van der Waals surface area contributed by atoms with Gasteiger partial charge in [-0.3, -0.25) is 0 Å². The van der Waals surface area contributed by atoms with Gasteiger partial charge in [-0.05, 0) is 0 Å². The number of nitrogens with zero attached hydrogens (tertiary/aromatic N) is 1. The Hall–Kier alpha value is 0.830. The van der Waals surface area contributed by atoms with E-state index in [1.54, 1.807) is 4.18 Å². The van der Waals surface area contributed by atoms with Crippen molar-refractivity contribution in [1.82, 2.24) is 0 Å². The molecule has 1 aliphatic heterocycles. The minimum absolute atomic E-state index is 0.913. The molecule has 1 rings (SSSR count). The maximum absolute atomic E-state index is 2.38. The van der Waals surface area contributed by atoms with Crippen LogP contribution >= 0.6 is 0 Å². The van der Waals surface area contributed by atoms with Crippen LogP contribution in [-0.4, -0.2) is 56.0 Å². The zero-order valence-electron chi connectivity index (χ0n) is 8.43. The fourth-order valence-electron chi connectivity index (χ4n) is 2.57. The molecule has 1 nitrogen and oxygen atoms in total. The van der Waals surface area contributed by atoms with E-state index < -0.39 is 0 Å². The third-order valence-electron chi connectivity index (χ3n) is 3.17. The summed E-state index contributed by atoms with van der Waals surface area (Å²) in [5.41, 5.74) is 0. The minimum atomic E-state index is 0.913. The summed E-state index contributed by atoms with van der Waals surface area (Å²) in [5, 5.41) is 0. The number of rotatable bonds is 2. The monoisotopic (exact) mass is 258 g/mol. The van der Waals surface area contributed by atoms with E-state index in [4.69, 9.17) is 0 Å². The molecule has 64 valence electrons. The average molecular weight is 258 g/mol. The van der Waals surface area contributed by atoms with E-state index in [9.17, 15) is 0 Å². The quantitative estimate of drug-likeness (QED) is 0.642. The van der Waals surface area contributed by atoms with Gasteiger partial charge in [-0.1, -0.05) is 0 Å². The number of hydrogen-bond donors (Lipinski definition) is 0. The Bertz CT molecular complexity index is 120. The Morgan fingerprint density at radius 1 is 1.27 bits per heavy atom. The van der Waals surface area contributed by atoms with Crippen molar-refractivity contribution in [2.75, 3.05) is 27.2 Å². The number of quaternary nitrogens is 1. The molecule has 0 amide bonds. The van der Waals surface area contributed by atoms with Crippen molar-refractivity contribution >= 4 is 24.4 Å². The summed E-state index contributed by atoms with van der Waals surface area (Å²) in [6.45, 7) is 5.24. The molecular weight excluding hydrogens is 237 g/mol. The van der Waals surface area contributed by atoms with Gasteiger partial charge in [0.15, 0.2) is 0 Å². The standard InChI is InChI=1S/C9H19N.In.2H/c1-5-9-7-10(3,4)6-8(9)2;;;/h8-9H,2,5-7H2,1,3-4H3;;;/q+1;;;. The van der Waals surface area contributed by atoms with Crippen molar-refractivity contribution in [3.05, 3.63) is 0 Å². The summed E-state index contributed by atoms with van der Waals surface area (Å²) >= 11 is 0.913. The summed E-state index contributed by atoms with van der Waals surface area (Å²) in [4.78, 5) is 0. The topological polar surface area (TPSA) is 0 Å². The molecule has 0 aromatic carbocycles. The molecule has 2 atom stereocenters. The van der Waals surface area contributed by atoms with Crippen LogP contribution in [0.1, 0.15) is 13.3 Å². The van der Waals surface area contributed by atoms with E-state index in [1.807, 2.05) is 0 Å². The van der Waals surface area contributed by atoms with E-state index in [1.165, 1.54) is 24.0 Å². The van der Waals surface area contributed by atoms with Crippen molar-refractivity contribution in [3.8, 4) is 0 Å². The second-order valence-electron chi connectivity index (χ2n) is 4.64. The SMILES string of the molecule is CCC1C[N+](C)(C)CC1[CH2][InH2]. The molecule has 0 aromatic rings. The molecule has 2 unspecified atom stereocenters. The van der Waals surface area contributed by atoms with Gasteiger partial charge in [-0.2, -0.15) is 0 Å². The van der Waals surface area contributed by atoms with Gasteiger partial charge >= 0.3 is 85.4 Å². The Morgan fingerprint density at radius 3 is 2.18 bits per heavy atom. The van der Waals surface area contributed by atoms with Crippen molar-refractivity contribution in [1.29, 1.82) is 0 Å². The molecule has 0 bridgehead atoms. The zero-order valence-corrected chi connectivity index (χ0v) is 14.1. The molecule has 0 N–H and O–H groups in total. The van der Waals surface area contributed by atoms with Crippen molar-refractivity contribution < 1.29 is 4.48 Å². The first-order valence-corrected chi connectivity index (χ1v) is 8.94. The van der Waals surface area contributed by atoms with Crippen molar-refractivity contribution in [2.24, 2.45) is 11.8 Å². The molecule has 0 aromatic heterocycles. The van der Waals surface area contributed by atoms with Crippen LogP contribution in [0.3, 0.4) is 0 Å². The predicted molar refractivity (Wildman–Crippen MR) is 52.5 cm³/mol. The van der Waals surface area contributed by atoms with Crippen molar-refractivity contribution in [2.45, 2.75) is 17.5 Å². The fraction of sp³-hybridized carbons (Fsp3) is 1.00. The Labute approximate surface area is 85.3 Å². The molecule has 1 heterocycles. The maximum atomic E-state index is 2.38. The van der Waals surface area contributed by atoms with Crippen LogP contribution in [0.4, 0.5) is 0 Å². The average Bonchev–Trinajstić information content (AvgIpc) is 2.25. The van der Waals surface area contributed by atoms with Gasteiger partial charge in [0.1, 0.15) is 0 Å². The Kier molecular flexibility index (Phi) is 3.33. The Balaban J connectivity index is 2.55. The third kappa shape index (κ3) is 2.38. The molecular formula is C9H21InN+. The first-order valence-electron chi connectivity index (χ1n) is 4.91. The molecule has 1 aliphatic rings. The number of likely N-dealkylation sites (tertiary alicyclic amines) is 1. The molecule has 0 aliphatic carbocycles. The van der Waals surface area contributed by atoms with E-state index in [0.717, 1.165) is 36.2 Å². The van der Waals surface area contributed by atoms with Gasteiger partial charge in [0, 0.05) is 0 Å². The van der Waals surface area contributed by atoms with Crippen LogP contribution in [0.15, 0.2) is 0 Å².